The fourth-order valence-corrected chi connectivity index (χ4v) is 2.77. The summed E-state index contributed by atoms with van der Waals surface area (Å²) in [7, 11) is 0. The molecular weight excluding hydrogens is 266 g/mol. The number of nitro groups is 1. The van der Waals surface area contributed by atoms with Crippen molar-refractivity contribution < 1.29 is 14.8 Å². The Balaban J connectivity index is 3.01. The van der Waals surface area contributed by atoms with Crippen molar-refractivity contribution in [3.8, 4) is 0 Å². The van der Waals surface area contributed by atoms with Crippen LogP contribution in [0.2, 0.25) is 0 Å². The summed E-state index contributed by atoms with van der Waals surface area (Å²) in [5.74, 6) is -0.298. The Hall–Kier alpha value is -1.56. The van der Waals surface area contributed by atoms with Crippen LogP contribution in [0.25, 0.3) is 0 Å². The quantitative estimate of drug-likeness (QED) is 0.355. The van der Waals surface area contributed by atoms with Gasteiger partial charge in [-0.05, 0) is 25.2 Å². The number of unbranched alkanes of at least 4 members (excludes halogenated alkanes) is 2. The van der Waals surface area contributed by atoms with Crippen LogP contribution in [0.5, 0.6) is 0 Å². The molecule has 19 heavy (non-hydrogen) atoms. The molecule has 0 unspecified atom stereocenters. The largest absolute Gasteiger partial charge is 0.478 e. The predicted molar refractivity (Wildman–Crippen MR) is 75.0 cm³/mol. The van der Waals surface area contributed by atoms with Gasteiger partial charge in [0, 0.05) is 16.5 Å². The molecule has 0 heterocycles. The van der Waals surface area contributed by atoms with E-state index in [1.807, 2.05) is 0 Å². The lowest BCUT2D eigenvalue weighted by atomic mass is 10.1. The molecule has 6 heteroatoms. The molecule has 5 nitrogen and oxygen atoms in total. The molecule has 0 saturated heterocycles. The second-order valence-corrected chi connectivity index (χ2v) is 5.37. The predicted octanol–water partition coefficient (Wildman–Crippen LogP) is 3.88. The number of carboxylic acid groups (broad SMARTS) is 1. The van der Waals surface area contributed by atoms with Gasteiger partial charge in [-0.15, -0.1) is 11.8 Å². The van der Waals surface area contributed by atoms with Crippen molar-refractivity contribution in [3.05, 3.63) is 33.4 Å². The first-order valence-corrected chi connectivity index (χ1v) is 7.11. The van der Waals surface area contributed by atoms with Crippen molar-refractivity contribution >= 4 is 23.4 Å². The number of nitrogens with zero attached hydrogens (tertiary/aromatic N) is 1. The summed E-state index contributed by atoms with van der Waals surface area (Å²) in [6, 6.07) is 2.63. The topological polar surface area (TPSA) is 80.4 Å². The van der Waals surface area contributed by atoms with Crippen molar-refractivity contribution in [2.75, 3.05) is 5.75 Å². The molecule has 0 aromatic heterocycles. The average molecular weight is 283 g/mol. The standard InChI is InChI=1S/C13H17NO4S/c1-3-4-5-6-19-12-8-10(13(15)16)7-11(9(12)2)14(17)18/h7-8H,3-6H2,1-2H3,(H,15,16). The smallest absolute Gasteiger partial charge is 0.335 e. The minimum absolute atomic E-state index is 0.0321. The average Bonchev–Trinajstić information content (AvgIpc) is 2.35. The van der Waals surface area contributed by atoms with E-state index in [-0.39, 0.29) is 11.3 Å². The lowest BCUT2D eigenvalue weighted by Crippen LogP contribution is -2.01. The van der Waals surface area contributed by atoms with Crippen molar-refractivity contribution in [3.63, 3.8) is 0 Å². The molecule has 0 radical (unpaired) electrons. The van der Waals surface area contributed by atoms with E-state index in [2.05, 4.69) is 6.92 Å². The SMILES string of the molecule is CCCCCSc1cc(C(=O)O)cc([N+](=O)[O-])c1C. The summed E-state index contributed by atoms with van der Waals surface area (Å²) in [6.07, 6.45) is 3.23. The van der Waals surface area contributed by atoms with Gasteiger partial charge < -0.3 is 5.11 Å². The summed E-state index contributed by atoms with van der Waals surface area (Å²) < 4.78 is 0. The van der Waals surface area contributed by atoms with E-state index in [1.165, 1.54) is 17.8 Å². The molecule has 0 fully saturated rings. The number of thioether (sulfide) groups is 1. The summed E-state index contributed by atoms with van der Waals surface area (Å²) in [5, 5.41) is 19.9. The van der Waals surface area contributed by atoms with E-state index in [9.17, 15) is 14.9 Å². The van der Waals surface area contributed by atoms with Crippen molar-refractivity contribution in [2.24, 2.45) is 0 Å². The molecule has 1 aromatic carbocycles. The minimum Gasteiger partial charge on any atom is -0.478 e. The van der Waals surface area contributed by atoms with Gasteiger partial charge in [-0.2, -0.15) is 0 Å². The van der Waals surface area contributed by atoms with Gasteiger partial charge in [0.2, 0.25) is 0 Å². The Bertz CT molecular complexity index is 488. The molecule has 0 atom stereocenters. The van der Waals surface area contributed by atoms with Gasteiger partial charge in [-0.1, -0.05) is 19.8 Å². The third kappa shape index (κ3) is 4.24. The molecule has 1 aromatic rings. The molecule has 0 aliphatic heterocycles. The lowest BCUT2D eigenvalue weighted by Gasteiger charge is -2.07. The lowest BCUT2D eigenvalue weighted by molar-refractivity contribution is -0.385. The number of rotatable bonds is 7. The van der Waals surface area contributed by atoms with E-state index in [1.54, 1.807) is 6.92 Å². The van der Waals surface area contributed by atoms with Crippen LogP contribution in [0.4, 0.5) is 5.69 Å². The fourth-order valence-electron chi connectivity index (χ4n) is 1.67. The number of benzene rings is 1. The van der Waals surface area contributed by atoms with E-state index in [0.29, 0.717) is 10.5 Å². The van der Waals surface area contributed by atoms with Crippen LogP contribution in [0.15, 0.2) is 17.0 Å². The van der Waals surface area contributed by atoms with Crippen molar-refractivity contribution in [1.29, 1.82) is 0 Å². The molecule has 104 valence electrons. The van der Waals surface area contributed by atoms with E-state index in [0.717, 1.165) is 31.1 Å². The Morgan fingerprint density at radius 3 is 2.63 bits per heavy atom. The second-order valence-electron chi connectivity index (χ2n) is 4.24. The third-order valence-electron chi connectivity index (χ3n) is 2.78. The minimum atomic E-state index is -1.14. The maximum Gasteiger partial charge on any atom is 0.335 e. The molecular formula is C13H17NO4S. The number of hydrogen-bond donors (Lipinski definition) is 1. The first kappa shape index (κ1) is 15.5. The monoisotopic (exact) mass is 283 g/mol. The Morgan fingerprint density at radius 2 is 2.11 bits per heavy atom. The Morgan fingerprint density at radius 1 is 1.42 bits per heavy atom. The van der Waals surface area contributed by atoms with Crippen LogP contribution in [0.1, 0.15) is 42.1 Å². The van der Waals surface area contributed by atoms with Gasteiger partial charge in [0.05, 0.1) is 10.5 Å². The van der Waals surface area contributed by atoms with Gasteiger partial charge >= 0.3 is 5.97 Å². The van der Waals surface area contributed by atoms with Crippen molar-refractivity contribution in [2.45, 2.75) is 38.0 Å². The highest BCUT2D eigenvalue weighted by molar-refractivity contribution is 7.99. The van der Waals surface area contributed by atoms with Gasteiger partial charge in [0.25, 0.3) is 5.69 Å². The van der Waals surface area contributed by atoms with Crippen LogP contribution in [-0.4, -0.2) is 21.8 Å². The van der Waals surface area contributed by atoms with Gasteiger partial charge in [-0.3, -0.25) is 10.1 Å². The van der Waals surface area contributed by atoms with Crippen LogP contribution >= 0.6 is 11.8 Å². The maximum atomic E-state index is 11.0. The molecule has 0 aliphatic rings. The molecule has 0 aliphatic carbocycles. The van der Waals surface area contributed by atoms with Crippen LogP contribution < -0.4 is 0 Å². The number of nitro benzene ring substituents is 1. The molecule has 0 spiro atoms. The number of carboxylic acids is 1. The Kier molecular flexibility index (Phi) is 5.82. The fraction of sp³-hybridized carbons (Fsp3) is 0.462. The Labute approximate surface area is 116 Å². The second kappa shape index (κ2) is 7.13. The molecule has 0 saturated carbocycles. The van der Waals surface area contributed by atoms with Gasteiger partial charge in [0.15, 0.2) is 0 Å². The first-order valence-electron chi connectivity index (χ1n) is 6.12. The highest BCUT2D eigenvalue weighted by Gasteiger charge is 2.19. The molecule has 1 N–H and O–H groups in total. The van der Waals surface area contributed by atoms with Crippen LogP contribution in [0.3, 0.4) is 0 Å². The molecule has 0 bridgehead atoms. The summed E-state index contributed by atoms with van der Waals surface area (Å²) in [6.45, 7) is 3.76. The molecule has 1 rings (SSSR count). The maximum absolute atomic E-state index is 11.0. The van der Waals surface area contributed by atoms with E-state index in [4.69, 9.17) is 5.11 Å². The third-order valence-corrected chi connectivity index (χ3v) is 4.01. The van der Waals surface area contributed by atoms with E-state index < -0.39 is 10.9 Å². The summed E-state index contributed by atoms with van der Waals surface area (Å²) in [5.41, 5.74) is 0.379. The molecule has 0 amide bonds. The summed E-state index contributed by atoms with van der Waals surface area (Å²) in [4.78, 5) is 22.1. The first-order chi connectivity index (χ1) is 8.97. The van der Waals surface area contributed by atoms with Crippen molar-refractivity contribution in [1.82, 2.24) is 0 Å². The number of hydrogen-bond acceptors (Lipinski definition) is 4. The zero-order valence-corrected chi connectivity index (χ0v) is 11.8. The normalized spacial score (nSPS) is 10.4. The number of carbonyl (C=O) groups is 1. The van der Waals surface area contributed by atoms with Crippen LogP contribution in [0, 0.1) is 17.0 Å². The van der Waals surface area contributed by atoms with E-state index >= 15 is 0 Å². The van der Waals surface area contributed by atoms with Gasteiger partial charge in [-0.25, -0.2) is 4.79 Å². The highest BCUT2D eigenvalue weighted by atomic mass is 32.2. The number of aromatic carboxylic acids is 1. The zero-order valence-electron chi connectivity index (χ0n) is 11.0. The summed E-state index contributed by atoms with van der Waals surface area (Å²) >= 11 is 1.48. The zero-order chi connectivity index (χ0) is 14.4. The van der Waals surface area contributed by atoms with Gasteiger partial charge in [0.1, 0.15) is 0 Å². The van der Waals surface area contributed by atoms with Crippen LogP contribution in [-0.2, 0) is 0 Å². The highest BCUT2D eigenvalue weighted by Crippen LogP contribution is 2.31.